The normalized spacial score (nSPS) is 16.9. The summed E-state index contributed by atoms with van der Waals surface area (Å²) in [6.07, 6.45) is 17.2. The fourth-order valence-corrected chi connectivity index (χ4v) is 13.3. The minimum absolute atomic E-state index is 0.00721. The van der Waals surface area contributed by atoms with Gasteiger partial charge in [0.1, 0.15) is 12.6 Å². The maximum Gasteiger partial charge on any atom is 0.416 e. The number of hydrogen-bond acceptors (Lipinski definition) is 23. The Hall–Kier alpha value is -8.79. The number of fused-ring (bicyclic) bond motifs is 2. The van der Waals surface area contributed by atoms with Crippen LogP contribution >= 0.6 is 0 Å². The third kappa shape index (κ3) is 32.6. The first-order valence-electron chi connectivity index (χ1n) is 39.6. The zero-order valence-electron chi connectivity index (χ0n) is 67.3. The Bertz CT molecular complexity index is 3540. The van der Waals surface area contributed by atoms with Gasteiger partial charge in [-0.1, -0.05) is 75.1 Å². The molecule has 113 heavy (non-hydrogen) atoms. The Balaban J connectivity index is 0.672. The molecule has 3 aromatic carbocycles. The number of methoxy groups -OCH3 is 3. The second kappa shape index (κ2) is 51.8. The van der Waals surface area contributed by atoms with Crippen LogP contribution in [-0.4, -0.2) is 248 Å². The molecular formula is C82H121N9O22. The number of carbonyl (C=O) groups is 8. The highest BCUT2D eigenvalue weighted by molar-refractivity contribution is 6.06. The van der Waals surface area contributed by atoms with Gasteiger partial charge < -0.3 is 103 Å². The van der Waals surface area contributed by atoms with Crippen molar-refractivity contribution in [3.63, 3.8) is 0 Å². The van der Waals surface area contributed by atoms with Crippen molar-refractivity contribution < 1.29 is 105 Å². The van der Waals surface area contributed by atoms with Crippen molar-refractivity contribution in [2.45, 2.75) is 162 Å². The lowest BCUT2D eigenvalue weighted by Gasteiger charge is -2.34. The van der Waals surface area contributed by atoms with Gasteiger partial charge in [0, 0.05) is 75.9 Å². The first-order chi connectivity index (χ1) is 54.9. The van der Waals surface area contributed by atoms with E-state index in [-0.39, 0.29) is 80.8 Å². The van der Waals surface area contributed by atoms with Gasteiger partial charge >= 0.3 is 6.09 Å². The van der Waals surface area contributed by atoms with Gasteiger partial charge in [0.05, 0.1) is 169 Å². The summed E-state index contributed by atoms with van der Waals surface area (Å²) in [5, 5.41) is 13.6. The maximum absolute atomic E-state index is 14.5. The Morgan fingerprint density at radius 2 is 1.12 bits per heavy atom. The van der Waals surface area contributed by atoms with Gasteiger partial charge in [-0.2, -0.15) is 0 Å². The van der Waals surface area contributed by atoms with Crippen molar-refractivity contribution in [1.29, 1.82) is 0 Å². The Labute approximate surface area is 664 Å². The number of ether oxygens (including phenoxy) is 14. The lowest BCUT2D eigenvalue weighted by molar-refractivity contribution is -0.128. The van der Waals surface area contributed by atoms with Crippen LogP contribution in [0.5, 0.6) is 23.0 Å². The fraction of sp³-hybridized carbons (Fsp3) is 0.622. The number of amides is 8. The third-order valence-corrected chi connectivity index (χ3v) is 19.4. The molecule has 31 nitrogen and oxygen atoms in total. The van der Waals surface area contributed by atoms with Crippen molar-refractivity contribution in [3.05, 3.63) is 88.8 Å². The molecule has 2 unspecified atom stereocenters. The predicted octanol–water partition coefficient (Wildman–Crippen LogP) is 8.82. The van der Waals surface area contributed by atoms with Crippen LogP contribution in [0.3, 0.4) is 0 Å². The number of anilines is 2. The van der Waals surface area contributed by atoms with Crippen LogP contribution < -0.4 is 50.4 Å². The van der Waals surface area contributed by atoms with Crippen LogP contribution in [0.1, 0.15) is 145 Å². The molecule has 1 saturated carbocycles. The number of aryl methyl sites for hydroxylation is 1. The molecule has 1 fully saturated rings. The lowest BCUT2D eigenvalue weighted by atomic mass is 9.81. The van der Waals surface area contributed by atoms with Gasteiger partial charge in [0.25, 0.3) is 5.91 Å². The molecule has 5 N–H and O–H groups in total. The molecule has 8 amide bonds. The Morgan fingerprint density at radius 3 is 1.72 bits per heavy atom. The average Bonchev–Trinajstić information content (AvgIpc) is 1.65. The van der Waals surface area contributed by atoms with Gasteiger partial charge in [-0.25, -0.2) is 9.69 Å². The number of benzene rings is 3. The van der Waals surface area contributed by atoms with E-state index in [1.165, 1.54) is 71.0 Å². The summed E-state index contributed by atoms with van der Waals surface area (Å²) in [5.74, 6) is 0.747. The number of nitrogens with zero attached hydrogens (tertiary/aromatic N) is 4. The molecule has 0 saturated heterocycles. The summed E-state index contributed by atoms with van der Waals surface area (Å²) in [4.78, 5) is 113. The van der Waals surface area contributed by atoms with E-state index in [1.54, 1.807) is 65.7 Å². The molecule has 3 aromatic rings. The van der Waals surface area contributed by atoms with Crippen LogP contribution in [0.4, 0.5) is 21.9 Å². The minimum Gasteiger partial charge on any atom is -0.493 e. The molecule has 626 valence electrons. The second-order valence-corrected chi connectivity index (χ2v) is 28.3. The number of hydrogen-bond donors (Lipinski definition) is 5. The molecule has 3 heterocycles. The van der Waals surface area contributed by atoms with Crippen molar-refractivity contribution in [3.8, 4) is 23.0 Å². The molecule has 3 aliphatic heterocycles. The van der Waals surface area contributed by atoms with E-state index in [0.717, 1.165) is 29.5 Å². The quantitative estimate of drug-likeness (QED) is 0.0200. The van der Waals surface area contributed by atoms with E-state index in [2.05, 4.69) is 33.5 Å². The molecule has 0 bridgehead atoms. The molecule has 5 atom stereocenters. The number of aliphatic imine (C=N–C) groups is 1. The highest BCUT2D eigenvalue weighted by Gasteiger charge is 2.46. The summed E-state index contributed by atoms with van der Waals surface area (Å²) in [7, 11) is 4.53. The number of nitrogens with one attached hydrogen (secondary N) is 5. The van der Waals surface area contributed by atoms with E-state index in [4.69, 9.17) is 71.3 Å². The van der Waals surface area contributed by atoms with Crippen LogP contribution in [0, 0.1) is 18.8 Å². The van der Waals surface area contributed by atoms with Crippen molar-refractivity contribution in [2.75, 3.05) is 170 Å². The average molecular weight is 1580 g/mol. The third-order valence-electron chi connectivity index (χ3n) is 19.4. The van der Waals surface area contributed by atoms with Crippen LogP contribution in [0.25, 0.3) is 0 Å². The molecule has 7 rings (SSSR count). The summed E-state index contributed by atoms with van der Waals surface area (Å²) < 4.78 is 80.1. The van der Waals surface area contributed by atoms with Crippen molar-refractivity contribution >= 4 is 71.2 Å². The van der Waals surface area contributed by atoms with E-state index in [1.807, 2.05) is 39.1 Å². The monoisotopic (exact) mass is 1580 g/mol. The van der Waals surface area contributed by atoms with Gasteiger partial charge in [-0.15, -0.1) is 0 Å². The van der Waals surface area contributed by atoms with Gasteiger partial charge in [-0.3, -0.25) is 38.6 Å². The summed E-state index contributed by atoms with van der Waals surface area (Å²) in [6.45, 7) is 16.2. The first kappa shape index (κ1) is 91.4. The van der Waals surface area contributed by atoms with Gasteiger partial charge in [-0.05, 0) is 107 Å². The zero-order chi connectivity index (χ0) is 81.0. The molecule has 31 heteroatoms. The minimum atomic E-state index is -0.968. The highest BCUT2D eigenvalue weighted by atomic mass is 16.6. The van der Waals surface area contributed by atoms with Crippen LogP contribution in [0.2, 0.25) is 0 Å². The number of rotatable bonds is 54. The molecule has 0 radical (unpaired) electrons. The highest BCUT2D eigenvalue weighted by Crippen LogP contribution is 2.43. The summed E-state index contributed by atoms with van der Waals surface area (Å²) in [5.41, 5.74) is 4.99. The number of carbonyl (C=O) groups excluding carboxylic acids is 8. The van der Waals surface area contributed by atoms with Crippen molar-refractivity contribution in [1.82, 2.24) is 31.1 Å². The molecular weight excluding hydrogens is 1460 g/mol. The van der Waals surface area contributed by atoms with Gasteiger partial charge in [0.15, 0.2) is 29.2 Å². The van der Waals surface area contributed by atoms with Crippen molar-refractivity contribution in [2.24, 2.45) is 16.8 Å². The molecule has 0 aromatic heterocycles. The predicted molar refractivity (Wildman–Crippen MR) is 423 cm³/mol. The topological polar surface area (TPSA) is 348 Å². The Morgan fingerprint density at radius 1 is 0.575 bits per heavy atom. The van der Waals surface area contributed by atoms with E-state index < -0.39 is 42.1 Å². The standard InChI is InChI=1S/C82H121N9O22/c1-58-45-66(89(54-58)57-92)52-85-68-50-73(71(100-6)47-61(68)4)111-27-15-12-16-28-112-74-51-69-67(49-72(74)101-7)80(98)90-55-59(2)46-70(90)81(102-8)91(69)82(99)113-56-63-19-21-65(22-20-63)88-79(97)62(5)87-78(96)53-86-76(94)24-29-103-31-33-105-35-37-107-39-41-109-43-44-110-42-40-108-38-36-106-34-32-104-30-26-84-75(93)23-25-83-77(95)48-60(3)64-17-13-10-9-11-14-18-64/h19-22,47,49-52,54-55,57,60,62,64,66,70,81H,9-18,23-46,48,53,56H2,1-8H3,(H,83,95)(H,84,93)(H,86,94)(H,87,96)(H,88,97)/b85-52-/t60?,62-,66?,70+,81-/m0/s1. The zero-order valence-corrected chi connectivity index (χ0v) is 67.3. The first-order valence-corrected chi connectivity index (χ1v) is 39.6. The Kier molecular flexibility index (Phi) is 41.9. The maximum atomic E-state index is 14.5. The van der Waals surface area contributed by atoms with E-state index >= 15 is 0 Å². The van der Waals surface area contributed by atoms with Crippen LogP contribution in [0.15, 0.2) is 77.1 Å². The molecule has 1 aliphatic carbocycles. The molecule has 4 aliphatic rings. The SMILES string of the molecule is COc1cc(C)c(/N=C\C2CC(C)=CN2C=O)cc1OCCCCCOc1cc2c(cc1OC)C(=O)N1C=C(C)C[C@@H]1[C@H](OC)N2C(=O)OCc1ccc(NC(=O)[C@H](C)NC(=O)CNC(=O)CCOCCOCCOCCOCCOCCOCCOCCOCCNC(=O)CCNC(=O)CC(C)C2CCCCCCC2)cc1. The van der Waals surface area contributed by atoms with E-state index in [0.29, 0.717) is 196 Å². The largest absolute Gasteiger partial charge is 0.493 e. The smallest absolute Gasteiger partial charge is 0.416 e. The summed E-state index contributed by atoms with van der Waals surface area (Å²) in [6, 6.07) is 11.8. The lowest BCUT2D eigenvalue weighted by Crippen LogP contribution is -2.51. The summed E-state index contributed by atoms with van der Waals surface area (Å²) >= 11 is 0. The molecule has 0 spiro atoms. The fourth-order valence-electron chi connectivity index (χ4n) is 13.3. The number of unbranched alkanes of at least 4 members (excludes halogenated alkanes) is 2. The van der Waals surface area contributed by atoms with Crippen LogP contribution in [-0.2, 0) is 82.7 Å². The van der Waals surface area contributed by atoms with E-state index in [9.17, 15) is 38.4 Å². The van der Waals surface area contributed by atoms with Gasteiger partial charge in [0.2, 0.25) is 35.9 Å². The second-order valence-electron chi connectivity index (χ2n) is 28.3.